The SMILES string of the molecule is CCC(C)NC(=O)C(C)N(Cc1ccc(OC)cc1)C(=O)CSCc1ccc([N+](=O)[O-])cc1. The molecule has 0 radical (unpaired) electrons. The second-order valence-corrected chi connectivity index (χ2v) is 8.77. The number of nitrogens with one attached hydrogen (secondary N) is 1. The summed E-state index contributed by atoms with van der Waals surface area (Å²) >= 11 is 1.41. The van der Waals surface area contributed by atoms with E-state index in [0.29, 0.717) is 12.3 Å². The summed E-state index contributed by atoms with van der Waals surface area (Å²) in [5, 5.41) is 13.7. The maximum Gasteiger partial charge on any atom is 0.269 e. The van der Waals surface area contributed by atoms with E-state index in [9.17, 15) is 19.7 Å². The monoisotopic (exact) mass is 473 g/mol. The Kier molecular flexibility index (Phi) is 10.2. The van der Waals surface area contributed by atoms with E-state index < -0.39 is 11.0 Å². The smallest absolute Gasteiger partial charge is 0.269 e. The number of thioether (sulfide) groups is 1. The Bertz CT molecular complexity index is 934. The number of nitrogens with zero attached hydrogens (tertiary/aromatic N) is 2. The highest BCUT2D eigenvalue weighted by Gasteiger charge is 2.26. The summed E-state index contributed by atoms with van der Waals surface area (Å²) in [7, 11) is 1.59. The zero-order valence-corrected chi connectivity index (χ0v) is 20.3. The number of methoxy groups -OCH3 is 1. The third-order valence-corrected chi connectivity index (χ3v) is 6.31. The molecule has 2 unspecified atom stereocenters. The number of carbonyl (C=O) groups excluding carboxylic acids is 2. The molecule has 0 aliphatic heterocycles. The van der Waals surface area contributed by atoms with E-state index in [1.54, 1.807) is 31.1 Å². The summed E-state index contributed by atoms with van der Waals surface area (Å²) in [5.74, 6) is 1.11. The fraction of sp³-hybridized carbons (Fsp3) is 0.417. The van der Waals surface area contributed by atoms with Crippen molar-refractivity contribution in [3.05, 3.63) is 69.8 Å². The number of hydrogen-bond acceptors (Lipinski definition) is 6. The highest BCUT2D eigenvalue weighted by molar-refractivity contribution is 7.99. The number of carbonyl (C=O) groups is 2. The van der Waals surface area contributed by atoms with E-state index in [1.807, 2.05) is 38.1 Å². The second-order valence-electron chi connectivity index (χ2n) is 7.78. The van der Waals surface area contributed by atoms with E-state index in [1.165, 1.54) is 23.9 Å². The van der Waals surface area contributed by atoms with Crippen molar-refractivity contribution in [3.63, 3.8) is 0 Å². The number of amides is 2. The first kappa shape index (κ1) is 26.2. The molecule has 0 spiro atoms. The average Bonchev–Trinajstić information content (AvgIpc) is 2.82. The minimum absolute atomic E-state index is 0.0226. The number of nitro groups is 1. The van der Waals surface area contributed by atoms with Gasteiger partial charge >= 0.3 is 0 Å². The molecule has 33 heavy (non-hydrogen) atoms. The summed E-state index contributed by atoms with van der Waals surface area (Å²) in [6.07, 6.45) is 0.802. The molecule has 2 amide bonds. The third-order valence-electron chi connectivity index (χ3n) is 5.32. The molecule has 0 fully saturated rings. The van der Waals surface area contributed by atoms with Gasteiger partial charge in [-0.3, -0.25) is 19.7 Å². The lowest BCUT2D eigenvalue weighted by Gasteiger charge is -2.29. The van der Waals surface area contributed by atoms with E-state index in [-0.39, 0.29) is 29.3 Å². The van der Waals surface area contributed by atoms with E-state index >= 15 is 0 Å². The number of nitro benzene ring substituents is 1. The van der Waals surface area contributed by atoms with Gasteiger partial charge in [0.1, 0.15) is 11.8 Å². The first-order valence-electron chi connectivity index (χ1n) is 10.8. The van der Waals surface area contributed by atoms with Gasteiger partial charge in [0.15, 0.2) is 0 Å². The van der Waals surface area contributed by atoms with Crippen molar-refractivity contribution < 1.29 is 19.2 Å². The van der Waals surface area contributed by atoms with Gasteiger partial charge in [0.2, 0.25) is 11.8 Å². The van der Waals surface area contributed by atoms with Crippen LogP contribution in [0.4, 0.5) is 5.69 Å². The molecular formula is C24H31N3O5S. The van der Waals surface area contributed by atoms with Gasteiger partial charge in [-0.15, -0.1) is 11.8 Å². The Morgan fingerprint density at radius 1 is 1.09 bits per heavy atom. The van der Waals surface area contributed by atoms with Gasteiger partial charge in [-0.1, -0.05) is 31.2 Å². The zero-order chi connectivity index (χ0) is 24.4. The maximum absolute atomic E-state index is 13.1. The maximum atomic E-state index is 13.1. The predicted octanol–water partition coefficient (Wildman–Crippen LogP) is 4.17. The molecule has 178 valence electrons. The summed E-state index contributed by atoms with van der Waals surface area (Å²) in [6.45, 7) is 5.96. The van der Waals surface area contributed by atoms with E-state index in [0.717, 1.165) is 23.3 Å². The van der Waals surface area contributed by atoms with Gasteiger partial charge < -0.3 is 15.0 Å². The number of hydrogen-bond donors (Lipinski definition) is 1. The fourth-order valence-corrected chi connectivity index (χ4v) is 3.90. The van der Waals surface area contributed by atoms with E-state index in [4.69, 9.17) is 4.74 Å². The van der Waals surface area contributed by atoms with Crippen molar-refractivity contribution in [3.8, 4) is 5.75 Å². The van der Waals surface area contributed by atoms with Gasteiger partial charge in [-0.25, -0.2) is 0 Å². The molecule has 0 bridgehead atoms. The Labute approximate surface area is 198 Å². The Morgan fingerprint density at radius 2 is 1.70 bits per heavy atom. The molecule has 0 heterocycles. The van der Waals surface area contributed by atoms with Crippen molar-refractivity contribution in [2.75, 3.05) is 12.9 Å². The van der Waals surface area contributed by atoms with Crippen molar-refractivity contribution in [2.45, 2.75) is 51.6 Å². The molecule has 2 atom stereocenters. The van der Waals surface area contributed by atoms with Crippen LogP contribution in [0.5, 0.6) is 5.75 Å². The molecule has 0 saturated heterocycles. The van der Waals surface area contributed by atoms with Crippen LogP contribution in [0.15, 0.2) is 48.5 Å². The minimum Gasteiger partial charge on any atom is -0.497 e. The van der Waals surface area contributed by atoms with Crippen LogP contribution in [0.25, 0.3) is 0 Å². The summed E-state index contributed by atoms with van der Waals surface area (Å²) in [4.78, 5) is 37.8. The van der Waals surface area contributed by atoms with Crippen LogP contribution in [0.3, 0.4) is 0 Å². The topological polar surface area (TPSA) is 102 Å². The van der Waals surface area contributed by atoms with Gasteiger partial charge in [0.25, 0.3) is 5.69 Å². The summed E-state index contributed by atoms with van der Waals surface area (Å²) in [6, 6.07) is 13.1. The van der Waals surface area contributed by atoms with Crippen LogP contribution in [0, 0.1) is 10.1 Å². The normalized spacial score (nSPS) is 12.5. The molecule has 2 aromatic carbocycles. The molecule has 0 aromatic heterocycles. The molecule has 0 saturated carbocycles. The van der Waals surface area contributed by atoms with Gasteiger partial charge in [-0.2, -0.15) is 0 Å². The molecule has 0 aliphatic carbocycles. The third kappa shape index (κ3) is 8.09. The first-order chi connectivity index (χ1) is 15.7. The van der Waals surface area contributed by atoms with Crippen LogP contribution in [-0.4, -0.2) is 46.6 Å². The standard InChI is InChI=1S/C24H31N3O5S/c1-5-17(2)25-24(29)18(3)26(14-19-8-12-22(32-4)13-9-19)23(28)16-33-15-20-6-10-21(11-7-20)27(30)31/h6-13,17-18H,5,14-16H2,1-4H3,(H,25,29). The largest absolute Gasteiger partial charge is 0.497 e. The lowest BCUT2D eigenvalue weighted by atomic mass is 10.1. The number of rotatable bonds is 12. The van der Waals surface area contributed by atoms with Crippen LogP contribution < -0.4 is 10.1 Å². The molecule has 2 aromatic rings. The Morgan fingerprint density at radius 3 is 2.24 bits per heavy atom. The molecule has 8 nitrogen and oxygen atoms in total. The summed E-state index contributed by atoms with van der Waals surface area (Å²) in [5.41, 5.74) is 1.82. The minimum atomic E-state index is -0.631. The predicted molar refractivity (Wildman–Crippen MR) is 130 cm³/mol. The number of non-ortho nitro benzene ring substituents is 1. The van der Waals surface area contributed by atoms with Crippen molar-refractivity contribution in [2.24, 2.45) is 0 Å². The summed E-state index contributed by atoms with van der Waals surface area (Å²) < 4.78 is 5.19. The van der Waals surface area contributed by atoms with Crippen molar-refractivity contribution in [1.29, 1.82) is 0 Å². The zero-order valence-electron chi connectivity index (χ0n) is 19.4. The molecule has 1 N–H and O–H groups in total. The van der Waals surface area contributed by atoms with Crippen molar-refractivity contribution in [1.82, 2.24) is 10.2 Å². The second kappa shape index (κ2) is 12.8. The first-order valence-corrected chi connectivity index (χ1v) is 11.9. The quantitative estimate of drug-likeness (QED) is 0.367. The fourth-order valence-electron chi connectivity index (χ4n) is 3.03. The van der Waals surface area contributed by atoms with Gasteiger partial charge in [0, 0.05) is 30.5 Å². The molecule has 0 aliphatic rings. The van der Waals surface area contributed by atoms with Gasteiger partial charge in [0.05, 0.1) is 17.8 Å². The van der Waals surface area contributed by atoms with Gasteiger partial charge in [-0.05, 0) is 43.5 Å². The molecule has 2 rings (SSSR count). The lowest BCUT2D eigenvalue weighted by Crippen LogP contribution is -2.50. The van der Waals surface area contributed by atoms with Crippen LogP contribution in [-0.2, 0) is 21.9 Å². The van der Waals surface area contributed by atoms with Crippen LogP contribution in [0.1, 0.15) is 38.3 Å². The van der Waals surface area contributed by atoms with E-state index in [2.05, 4.69) is 5.32 Å². The van der Waals surface area contributed by atoms with Crippen molar-refractivity contribution >= 4 is 29.3 Å². The Hall–Kier alpha value is -3.07. The molecular weight excluding hydrogens is 442 g/mol. The number of ether oxygens (including phenoxy) is 1. The average molecular weight is 474 g/mol. The highest BCUT2D eigenvalue weighted by atomic mass is 32.2. The Balaban J connectivity index is 2.07. The lowest BCUT2D eigenvalue weighted by molar-refractivity contribution is -0.384. The highest BCUT2D eigenvalue weighted by Crippen LogP contribution is 2.19. The molecule has 9 heteroatoms. The number of benzene rings is 2. The van der Waals surface area contributed by atoms with Crippen LogP contribution >= 0.6 is 11.8 Å². The van der Waals surface area contributed by atoms with Crippen LogP contribution in [0.2, 0.25) is 0 Å².